The molecule has 0 spiro atoms. The first-order valence-electron chi connectivity index (χ1n) is 6.44. The van der Waals surface area contributed by atoms with Crippen molar-refractivity contribution in [2.75, 3.05) is 0 Å². The maximum atomic E-state index is 12.7. The Morgan fingerprint density at radius 3 is 2.38 bits per heavy atom. The summed E-state index contributed by atoms with van der Waals surface area (Å²) in [5.41, 5.74) is 4.33. The van der Waals surface area contributed by atoms with E-state index in [1.54, 1.807) is 19.3 Å². The van der Waals surface area contributed by atoms with E-state index < -0.39 is 11.7 Å². The molecule has 2 rings (SSSR count). The van der Waals surface area contributed by atoms with Crippen molar-refractivity contribution in [3.8, 4) is 0 Å². The lowest BCUT2D eigenvalue weighted by Crippen LogP contribution is -2.30. The van der Waals surface area contributed by atoms with Crippen LogP contribution in [-0.4, -0.2) is 4.98 Å². The van der Waals surface area contributed by atoms with Crippen molar-refractivity contribution in [2.24, 2.45) is 5.84 Å². The van der Waals surface area contributed by atoms with Crippen LogP contribution in [0.3, 0.4) is 0 Å². The van der Waals surface area contributed by atoms with Crippen molar-refractivity contribution >= 4 is 0 Å². The summed E-state index contributed by atoms with van der Waals surface area (Å²) in [6, 6.07) is 7.15. The average Bonchev–Trinajstić information content (AvgIpc) is 2.45. The van der Waals surface area contributed by atoms with Crippen molar-refractivity contribution in [3.05, 3.63) is 65.0 Å². The van der Waals surface area contributed by atoms with Crippen molar-refractivity contribution in [1.82, 2.24) is 10.4 Å². The fourth-order valence-corrected chi connectivity index (χ4v) is 2.26. The molecule has 1 atom stereocenters. The normalized spacial score (nSPS) is 13.2. The number of aryl methyl sites for hydroxylation is 1. The molecule has 21 heavy (non-hydrogen) atoms. The van der Waals surface area contributed by atoms with Crippen molar-refractivity contribution in [3.63, 3.8) is 0 Å². The van der Waals surface area contributed by atoms with E-state index in [4.69, 9.17) is 5.84 Å². The summed E-state index contributed by atoms with van der Waals surface area (Å²) in [5.74, 6) is 5.56. The molecular formula is C15H16F3N3. The van der Waals surface area contributed by atoms with E-state index in [9.17, 15) is 13.2 Å². The number of alkyl halides is 3. The minimum atomic E-state index is -4.33. The zero-order valence-electron chi connectivity index (χ0n) is 11.5. The number of nitrogens with zero attached hydrogens (tertiary/aromatic N) is 1. The molecule has 0 aliphatic heterocycles. The summed E-state index contributed by atoms with van der Waals surface area (Å²) >= 11 is 0. The fourth-order valence-electron chi connectivity index (χ4n) is 2.26. The standard InChI is InChI=1S/C15H16F3N3/c1-10-8-12(15(16,17)18)2-3-13(10)14(21-19)9-11-4-6-20-7-5-11/h2-8,14,21H,9,19H2,1H3. The predicted octanol–water partition coefficient (Wildman–Crippen LogP) is 3.16. The summed E-state index contributed by atoms with van der Waals surface area (Å²) < 4.78 is 38.0. The zero-order valence-corrected chi connectivity index (χ0v) is 11.5. The highest BCUT2D eigenvalue weighted by atomic mass is 19.4. The van der Waals surface area contributed by atoms with Crippen LogP contribution in [0.1, 0.15) is 28.3 Å². The molecule has 1 heterocycles. The van der Waals surface area contributed by atoms with Crippen molar-refractivity contribution in [1.29, 1.82) is 0 Å². The topological polar surface area (TPSA) is 50.9 Å². The highest BCUT2D eigenvalue weighted by Crippen LogP contribution is 2.32. The first kappa shape index (κ1) is 15.5. The minimum absolute atomic E-state index is 0.255. The van der Waals surface area contributed by atoms with Gasteiger partial charge in [-0.15, -0.1) is 0 Å². The third-order valence-corrected chi connectivity index (χ3v) is 3.36. The second-order valence-corrected chi connectivity index (χ2v) is 4.85. The summed E-state index contributed by atoms with van der Waals surface area (Å²) in [6.07, 6.45) is -0.420. The number of halogens is 3. The molecule has 0 bridgehead atoms. The first-order chi connectivity index (χ1) is 9.91. The number of benzene rings is 1. The van der Waals surface area contributed by atoms with E-state index >= 15 is 0 Å². The lowest BCUT2D eigenvalue weighted by molar-refractivity contribution is -0.137. The smallest absolute Gasteiger partial charge is 0.271 e. The largest absolute Gasteiger partial charge is 0.416 e. The fraction of sp³-hybridized carbons (Fsp3) is 0.267. The summed E-state index contributed by atoms with van der Waals surface area (Å²) in [7, 11) is 0. The Morgan fingerprint density at radius 2 is 1.86 bits per heavy atom. The molecule has 3 N–H and O–H groups in total. The number of pyridine rings is 1. The Bertz CT molecular complexity index is 597. The number of hydrogen-bond donors (Lipinski definition) is 2. The van der Waals surface area contributed by atoms with E-state index in [1.807, 2.05) is 12.1 Å². The van der Waals surface area contributed by atoms with E-state index in [-0.39, 0.29) is 6.04 Å². The number of hydrogen-bond acceptors (Lipinski definition) is 3. The molecule has 0 aliphatic carbocycles. The zero-order chi connectivity index (χ0) is 15.5. The average molecular weight is 295 g/mol. The quantitative estimate of drug-likeness (QED) is 0.673. The van der Waals surface area contributed by atoms with E-state index in [0.717, 1.165) is 23.3 Å². The molecule has 0 radical (unpaired) electrons. The van der Waals surface area contributed by atoms with Gasteiger partial charge in [0.05, 0.1) is 11.6 Å². The van der Waals surface area contributed by atoms with Crippen LogP contribution in [0.5, 0.6) is 0 Å². The molecule has 0 aliphatic rings. The molecule has 1 aromatic carbocycles. The van der Waals surface area contributed by atoms with Crippen LogP contribution < -0.4 is 11.3 Å². The number of hydrazine groups is 1. The van der Waals surface area contributed by atoms with Gasteiger partial charge in [-0.25, -0.2) is 0 Å². The Morgan fingerprint density at radius 1 is 1.19 bits per heavy atom. The van der Waals surface area contributed by atoms with E-state index in [0.29, 0.717) is 12.0 Å². The molecule has 0 fully saturated rings. The van der Waals surface area contributed by atoms with Gasteiger partial charge in [-0.05, 0) is 54.3 Å². The minimum Gasteiger partial charge on any atom is -0.271 e. The molecule has 0 saturated heterocycles. The molecule has 1 unspecified atom stereocenters. The van der Waals surface area contributed by atoms with Crippen LogP contribution in [0.15, 0.2) is 42.7 Å². The Labute approximate surface area is 121 Å². The third kappa shape index (κ3) is 3.80. The summed E-state index contributed by atoms with van der Waals surface area (Å²) in [6.45, 7) is 1.65. The maximum absolute atomic E-state index is 12.7. The van der Waals surface area contributed by atoms with Crippen LogP contribution in [0.2, 0.25) is 0 Å². The first-order valence-corrected chi connectivity index (χ1v) is 6.44. The van der Waals surface area contributed by atoms with Gasteiger partial charge in [0.15, 0.2) is 0 Å². The lowest BCUT2D eigenvalue weighted by Gasteiger charge is -2.20. The lowest BCUT2D eigenvalue weighted by atomic mass is 9.94. The molecule has 6 heteroatoms. The van der Waals surface area contributed by atoms with E-state index in [1.165, 1.54) is 6.07 Å². The third-order valence-electron chi connectivity index (χ3n) is 3.36. The maximum Gasteiger partial charge on any atom is 0.416 e. The van der Waals surface area contributed by atoms with Crippen LogP contribution in [-0.2, 0) is 12.6 Å². The number of nitrogens with one attached hydrogen (secondary N) is 1. The highest BCUT2D eigenvalue weighted by Gasteiger charge is 2.31. The molecule has 112 valence electrons. The van der Waals surface area contributed by atoms with Crippen LogP contribution in [0, 0.1) is 6.92 Å². The number of aromatic nitrogens is 1. The molecular weight excluding hydrogens is 279 g/mol. The summed E-state index contributed by atoms with van der Waals surface area (Å²) in [5, 5.41) is 0. The van der Waals surface area contributed by atoms with Crippen LogP contribution in [0.25, 0.3) is 0 Å². The molecule has 1 aromatic heterocycles. The van der Waals surface area contributed by atoms with Gasteiger partial charge >= 0.3 is 6.18 Å². The van der Waals surface area contributed by atoms with Crippen LogP contribution >= 0.6 is 0 Å². The summed E-state index contributed by atoms with van der Waals surface area (Å²) in [4.78, 5) is 3.93. The molecule has 0 saturated carbocycles. The van der Waals surface area contributed by atoms with Gasteiger partial charge < -0.3 is 0 Å². The van der Waals surface area contributed by atoms with Crippen molar-refractivity contribution in [2.45, 2.75) is 25.6 Å². The van der Waals surface area contributed by atoms with Gasteiger partial charge in [-0.3, -0.25) is 16.3 Å². The van der Waals surface area contributed by atoms with Gasteiger partial charge in [-0.1, -0.05) is 6.07 Å². The molecule has 3 nitrogen and oxygen atoms in total. The second-order valence-electron chi connectivity index (χ2n) is 4.85. The van der Waals surface area contributed by atoms with Gasteiger partial charge in [-0.2, -0.15) is 13.2 Å². The van der Waals surface area contributed by atoms with Crippen molar-refractivity contribution < 1.29 is 13.2 Å². The molecule has 0 amide bonds. The highest BCUT2D eigenvalue weighted by molar-refractivity contribution is 5.35. The predicted molar refractivity (Wildman–Crippen MR) is 74.2 cm³/mol. The Kier molecular flexibility index (Phi) is 4.59. The van der Waals surface area contributed by atoms with Gasteiger partial charge in [0.25, 0.3) is 0 Å². The second kappa shape index (κ2) is 6.24. The van der Waals surface area contributed by atoms with E-state index in [2.05, 4.69) is 10.4 Å². The van der Waals surface area contributed by atoms with Crippen LogP contribution in [0.4, 0.5) is 13.2 Å². The monoisotopic (exact) mass is 295 g/mol. The van der Waals surface area contributed by atoms with Gasteiger partial charge in [0.1, 0.15) is 0 Å². The number of nitrogens with two attached hydrogens (primary N) is 1. The number of rotatable bonds is 4. The Hall–Kier alpha value is -1.92. The molecule has 2 aromatic rings. The van der Waals surface area contributed by atoms with Gasteiger partial charge in [0, 0.05) is 12.4 Å². The Balaban J connectivity index is 2.26. The SMILES string of the molecule is Cc1cc(C(F)(F)F)ccc1C(Cc1ccncc1)NN. The van der Waals surface area contributed by atoms with Gasteiger partial charge in [0.2, 0.25) is 0 Å².